The van der Waals surface area contributed by atoms with Crippen molar-refractivity contribution in [3.63, 3.8) is 0 Å². The molecule has 1 atom stereocenters. The summed E-state index contributed by atoms with van der Waals surface area (Å²) in [7, 11) is 1.31. The van der Waals surface area contributed by atoms with Gasteiger partial charge < -0.3 is 4.74 Å². The minimum absolute atomic E-state index is 0.0195. The van der Waals surface area contributed by atoms with E-state index < -0.39 is 11.9 Å². The zero-order valence-corrected chi connectivity index (χ0v) is 12.2. The lowest BCUT2D eigenvalue weighted by molar-refractivity contribution is -0.142. The van der Waals surface area contributed by atoms with Crippen LogP contribution < -0.4 is 5.01 Å². The molecule has 0 spiro atoms. The fraction of sp³-hybridized carbons (Fsp3) is 0.308. The maximum absolute atomic E-state index is 12.3. The van der Waals surface area contributed by atoms with Crippen LogP contribution in [0, 0.1) is 5.92 Å². The van der Waals surface area contributed by atoms with Gasteiger partial charge in [0.1, 0.15) is 0 Å². The Morgan fingerprint density at radius 3 is 2.79 bits per heavy atom. The van der Waals surface area contributed by atoms with Gasteiger partial charge in [0.15, 0.2) is 0 Å². The van der Waals surface area contributed by atoms with Gasteiger partial charge >= 0.3 is 5.97 Å². The normalized spacial score (nSPS) is 18.5. The molecule has 0 aliphatic carbocycles. The second-order valence-electron chi connectivity index (χ2n) is 4.18. The zero-order valence-electron chi connectivity index (χ0n) is 10.6. The van der Waals surface area contributed by atoms with Crippen molar-refractivity contribution in [3.8, 4) is 0 Å². The Balaban J connectivity index is 2.26. The third kappa shape index (κ3) is 2.68. The highest BCUT2D eigenvalue weighted by molar-refractivity contribution is 9.10. The predicted molar refractivity (Wildman–Crippen MR) is 74.9 cm³/mol. The van der Waals surface area contributed by atoms with E-state index >= 15 is 0 Å². The summed E-state index contributed by atoms with van der Waals surface area (Å²) in [6.45, 7) is 1.74. The smallest absolute Gasteiger partial charge is 0.306 e. The number of esters is 1. The van der Waals surface area contributed by atoms with Gasteiger partial charge in [-0.15, -0.1) is 0 Å². The Bertz CT molecular complexity index is 557. The number of methoxy groups -OCH3 is 1. The van der Waals surface area contributed by atoms with Crippen LogP contribution >= 0.6 is 15.9 Å². The molecule has 0 fully saturated rings. The lowest BCUT2D eigenvalue weighted by Crippen LogP contribution is -2.29. The van der Waals surface area contributed by atoms with E-state index in [4.69, 9.17) is 0 Å². The second-order valence-corrected chi connectivity index (χ2v) is 5.03. The average Bonchev–Trinajstić information content (AvgIpc) is 2.67. The van der Waals surface area contributed by atoms with Crippen LogP contribution in [0.3, 0.4) is 0 Å². The molecule has 100 valence electrons. The molecule has 0 aromatic heterocycles. The number of carbonyl (C=O) groups excluding carboxylic acids is 2. The minimum atomic E-state index is -0.542. The van der Waals surface area contributed by atoms with Crippen molar-refractivity contribution >= 4 is 39.2 Å². The van der Waals surface area contributed by atoms with Crippen LogP contribution in [-0.2, 0) is 14.3 Å². The van der Waals surface area contributed by atoms with Crippen LogP contribution in [0.1, 0.15) is 13.3 Å². The number of nitrogens with zero attached hydrogens (tertiary/aromatic N) is 2. The molecule has 2 rings (SSSR count). The molecule has 5 nitrogen and oxygen atoms in total. The summed E-state index contributed by atoms with van der Waals surface area (Å²) < 4.78 is 5.38. The topological polar surface area (TPSA) is 59.0 Å². The van der Waals surface area contributed by atoms with Crippen LogP contribution in [0.5, 0.6) is 0 Å². The largest absolute Gasteiger partial charge is 0.469 e. The van der Waals surface area contributed by atoms with Gasteiger partial charge in [0, 0.05) is 10.2 Å². The van der Waals surface area contributed by atoms with Gasteiger partial charge in [-0.05, 0) is 35.0 Å². The van der Waals surface area contributed by atoms with Crippen molar-refractivity contribution in [3.05, 3.63) is 28.7 Å². The number of hydrogen-bond donors (Lipinski definition) is 0. The standard InChI is InChI=1S/C13H13BrN2O3/c1-8-9(7-12(17)19-2)13(18)16(15-8)11-6-4-3-5-10(11)14/h3-6,9H,7H2,1-2H3. The average molecular weight is 325 g/mol. The summed E-state index contributed by atoms with van der Waals surface area (Å²) in [5, 5.41) is 5.56. The molecule has 0 saturated heterocycles. The first kappa shape index (κ1) is 13.7. The molecular formula is C13H13BrN2O3. The molecular weight excluding hydrogens is 312 g/mol. The van der Waals surface area contributed by atoms with E-state index in [1.807, 2.05) is 18.2 Å². The van der Waals surface area contributed by atoms with Crippen molar-refractivity contribution in [1.82, 2.24) is 0 Å². The number of rotatable bonds is 3. The number of carbonyl (C=O) groups is 2. The molecule has 0 saturated carbocycles. The molecule has 1 aliphatic rings. The van der Waals surface area contributed by atoms with Gasteiger partial charge in [-0.2, -0.15) is 10.1 Å². The summed E-state index contributed by atoms with van der Waals surface area (Å²) >= 11 is 3.38. The molecule has 0 N–H and O–H groups in total. The van der Waals surface area contributed by atoms with Crippen molar-refractivity contribution in [2.24, 2.45) is 11.0 Å². The molecule has 0 radical (unpaired) electrons. The second kappa shape index (κ2) is 5.52. The lowest BCUT2D eigenvalue weighted by Gasteiger charge is -2.15. The number of amides is 1. The van der Waals surface area contributed by atoms with Gasteiger partial charge in [0.25, 0.3) is 5.91 Å². The van der Waals surface area contributed by atoms with E-state index in [1.165, 1.54) is 12.1 Å². The summed E-state index contributed by atoms with van der Waals surface area (Å²) in [4.78, 5) is 23.6. The highest BCUT2D eigenvalue weighted by Gasteiger charge is 2.36. The molecule has 1 aromatic rings. The first-order valence-electron chi connectivity index (χ1n) is 5.75. The summed E-state index contributed by atoms with van der Waals surface area (Å²) in [6, 6.07) is 7.31. The first-order valence-corrected chi connectivity index (χ1v) is 6.54. The Morgan fingerprint density at radius 2 is 2.16 bits per heavy atom. The SMILES string of the molecule is COC(=O)CC1C(=O)N(c2ccccc2Br)N=C1C. The van der Waals surface area contributed by atoms with Gasteiger partial charge in [0.05, 0.1) is 25.1 Å². The fourth-order valence-electron chi connectivity index (χ4n) is 1.88. The maximum atomic E-state index is 12.3. The van der Waals surface area contributed by atoms with Crippen LogP contribution in [0.15, 0.2) is 33.8 Å². The Kier molecular flexibility index (Phi) is 3.99. The Morgan fingerprint density at radius 1 is 1.47 bits per heavy atom. The molecule has 1 unspecified atom stereocenters. The third-order valence-electron chi connectivity index (χ3n) is 2.95. The van der Waals surface area contributed by atoms with E-state index in [9.17, 15) is 9.59 Å². The van der Waals surface area contributed by atoms with Gasteiger partial charge in [0.2, 0.25) is 0 Å². The molecule has 1 heterocycles. The fourth-order valence-corrected chi connectivity index (χ4v) is 2.34. The molecule has 1 aromatic carbocycles. The predicted octanol–water partition coefficient (Wildman–Crippen LogP) is 2.35. The zero-order chi connectivity index (χ0) is 14.0. The number of hydrazone groups is 1. The Hall–Kier alpha value is -1.69. The number of para-hydroxylation sites is 1. The highest BCUT2D eigenvalue weighted by Crippen LogP contribution is 2.31. The van der Waals surface area contributed by atoms with Crippen LogP contribution in [0.2, 0.25) is 0 Å². The van der Waals surface area contributed by atoms with Crippen molar-refractivity contribution in [2.45, 2.75) is 13.3 Å². The monoisotopic (exact) mass is 324 g/mol. The van der Waals surface area contributed by atoms with Crippen LogP contribution in [0.4, 0.5) is 5.69 Å². The van der Waals surface area contributed by atoms with E-state index in [0.717, 1.165) is 4.47 Å². The summed E-state index contributed by atoms with van der Waals surface area (Å²) in [6.07, 6.45) is 0.0195. The molecule has 6 heteroatoms. The van der Waals surface area contributed by atoms with E-state index in [2.05, 4.69) is 25.8 Å². The van der Waals surface area contributed by atoms with Crippen molar-refractivity contribution in [1.29, 1.82) is 0 Å². The molecule has 1 amide bonds. The van der Waals surface area contributed by atoms with Crippen molar-refractivity contribution < 1.29 is 14.3 Å². The molecule has 1 aliphatic heterocycles. The number of halogens is 1. The van der Waals surface area contributed by atoms with E-state index in [-0.39, 0.29) is 12.3 Å². The van der Waals surface area contributed by atoms with Gasteiger partial charge in [-0.25, -0.2) is 0 Å². The minimum Gasteiger partial charge on any atom is -0.469 e. The number of benzene rings is 1. The molecule has 0 bridgehead atoms. The number of ether oxygens (including phenoxy) is 1. The van der Waals surface area contributed by atoms with Crippen molar-refractivity contribution in [2.75, 3.05) is 12.1 Å². The van der Waals surface area contributed by atoms with E-state index in [0.29, 0.717) is 11.4 Å². The van der Waals surface area contributed by atoms with E-state index in [1.54, 1.807) is 13.0 Å². The lowest BCUT2D eigenvalue weighted by atomic mass is 10.0. The quantitative estimate of drug-likeness (QED) is 0.802. The maximum Gasteiger partial charge on any atom is 0.306 e. The number of anilines is 1. The number of hydrogen-bond acceptors (Lipinski definition) is 4. The first-order chi connectivity index (χ1) is 9.04. The van der Waals surface area contributed by atoms with Crippen LogP contribution in [-0.4, -0.2) is 24.7 Å². The van der Waals surface area contributed by atoms with Crippen LogP contribution in [0.25, 0.3) is 0 Å². The summed E-state index contributed by atoms with van der Waals surface area (Å²) in [5.41, 5.74) is 1.28. The third-order valence-corrected chi connectivity index (χ3v) is 3.62. The summed E-state index contributed by atoms with van der Waals surface area (Å²) in [5.74, 6) is -1.17. The Labute approximate surface area is 119 Å². The highest BCUT2D eigenvalue weighted by atomic mass is 79.9. The van der Waals surface area contributed by atoms with Gasteiger partial charge in [-0.3, -0.25) is 9.59 Å². The van der Waals surface area contributed by atoms with Gasteiger partial charge in [-0.1, -0.05) is 12.1 Å². The molecule has 19 heavy (non-hydrogen) atoms.